The topological polar surface area (TPSA) is 81.1 Å². The van der Waals surface area contributed by atoms with Crippen molar-refractivity contribution >= 4 is 16.9 Å². The zero-order valence-electron chi connectivity index (χ0n) is 13.8. The minimum Gasteiger partial charge on any atom is -0.472 e. The van der Waals surface area contributed by atoms with Crippen LogP contribution in [0.15, 0.2) is 42.7 Å². The van der Waals surface area contributed by atoms with Crippen molar-refractivity contribution in [3.8, 4) is 5.88 Å². The number of hydrogen-bond donors (Lipinski definition) is 0. The van der Waals surface area contributed by atoms with Gasteiger partial charge in [-0.3, -0.25) is 9.78 Å². The lowest BCUT2D eigenvalue weighted by atomic mass is 10.3. The van der Waals surface area contributed by atoms with Crippen molar-refractivity contribution in [2.75, 3.05) is 13.1 Å². The number of ether oxygens (including phenoxy) is 1. The molecule has 7 nitrogen and oxygen atoms in total. The Balaban J connectivity index is 1.46. The summed E-state index contributed by atoms with van der Waals surface area (Å²) < 4.78 is 5.86. The number of aromatic nitrogens is 4. The fourth-order valence-electron chi connectivity index (χ4n) is 2.90. The molecule has 2 aromatic heterocycles. The van der Waals surface area contributed by atoms with Crippen LogP contribution in [0.1, 0.15) is 22.7 Å². The van der Waals surface area contributed by atoms with E-state index in [1.807, 2.05) is 31.2 Å². The molecule has 1 fully saturated rings. The van der Waals surface area contributed by atoms with Gasteiger partial charge in [-0.15, -0.1) is 0 Å². The van der Waals surface area contributed by atoms with Gasteiger partial charge >= 0.3 is 0 Å². The van der Waals surface area contributed by atoms with Gasteiger partial charge in [0.2, 0.25) is 5.88 Å². The summed E-state index contributed by atoms with van der Waals surface area (Å²) in [6.45, 7) is 2.95. The average molecular weight is 335 g/mol. The fourth-order valence-corrected chi connectivity index (χ4v) is 2.90. The molecule has 1 aromatic carbocycles. The predicted molar refractivity (Wildman–Crippen MR) is 91.2 cm³/mol. The van der Waals surface area contributed by atoms with Crippen molar-refractivity contribution in [2.24, 2.45) is 0 Å². The minimum absolute atomic E-state index is 0.0772. The lowest BCUT2D eigenvalue weighted by Gasteiger charge is -2.16. The first-order chi connectivity index (χ1) is 12.2. The van der Waals surface area contributed by atoms with Gasteiger partial charge in [0.1, 0.15) is 17.6 Å². The van der Waals surface area contributed by atoms with E-state index in [2.05, 4.69) is 19.9 Å². The number of likely N-dealkylation sites (tertiary alicyclic amines) is 1. The van der Waals surface area contributed by atoms with Gasteiger partial charge in [-0.2, -0.15) is 4.98 Å². The number of para-hydroxylation sites is 2. The number of hydrogen-bond acceptors (Lipinski definition) is 6. The number of carbonyl (C=O) groups excluding carboxylic acids is 1. The highest BCUT2D eigenvalue weighted by Gasteiger charge is 2.29. The first-order valence-electron chi connectivity index (χ1n) is 8.16. The highest BCUT2D eigenvalue weighted by molar-refractivity contribution is 5.94. The smallest absolute Gasteiger partial charge is 0.274 e. The van der Waals surface area contributed by atoms with Crippen LogP contribution in [0.25, 0.3) is 11.0 Å². The van der Waals surface area contributed by atoms with Gasteiger partial charge in [-0.05, 0) is 19.1 Å². The number of amides is 1. The summed E-state index contributed by atoms with van der Waals surface area (Å²) in [5.74, 6) is 1.08. The van der Waals surface area contributed by atoms with Crippen LogP contribution in [0.4, 0.5) is 0 Å². The lowest BCUT2D eigenvalue weighted by molar-refractivity contribution is 0.0765. The summed E-state index contributed by atoms with van der Waals surface area (Å²) in [5.41, 5.74) is 1.86. The molecule has 3 heterocycles. The van der Waals surface area contributed by atoms with Gasteiger partial charge in [0.05, 0.1) is 23.8 Å². The number of benzene rings is 1. The molecule has 0 radical (unpaired) electrons. The van der Waals surface area contributed by atoms with Crippen molar-refractivity contribution < 1.29 is 9.53 Å². The average Bonchev–Trinajstić information content (AvgIpc) is 3.09. The molecule has 1 aliphatic rings. The first kappa shape index (κ1) is 15.4. The molecule has 25 heavy (non-hydrogen) atoms. The molecule has 0 bridgehead atoms. The molecule has 1 saturated heterocycles. The standard InChI is InChI=1S/C18H17N5O2/c1-12-19-8-6-17(21-12)25-13-7-9-23(11-13)18(24)16-10-20-14-4-2-3-5-15(14)22-16/h2-6,8,10,13H,7,9,11H2,1H3/t13-/m1/s1. The second kappa shape index (κ2) is 6.43. The van der Waals surface area contributed by atoms with E-state index < -0.39 is 0 Å². The van der Waals surface area contributed by atoms with Gasteiger partial charge in [-0.1, -0.05) is 12.1 Å². The van der Waals surface area contributed by atoms with Crippen molar-refractivity contribution in [1.82, 2.24) is 24.8 Å². The Labute approximate surface area is 144 Å². The molecule has 1 amide bonds. The maximum absolute atomic E-state index is 12.7. The first-order valence-corrected chi connectivity index (χ1v) is 8.16. The minimum atomic E-state index is -0.122. The van der Waals surface area contributed by atoms with Crippen LogP contribution in [0.3, 0.4) is 0 Å². The molecule has 0 spiro atoms. The predicted octanol–water partition coefficient (Wildman–Crippen LogP) is 2.02. The highest BCUT2D eigenvalue weighted by Crippen LogP contribution is 2.18. The Morgan fingerprint density at radius 1 is 1.16 bits per heavy atom. The monoisotopic (exact) mass is 335 g/mol. The Morgan fingerprint density at radius 2 is 2.00 bits per heavy atom. The lowest BCUT2D eigenvalue weighted by Crippen LogP contribution is -2.31. The zero-order valence-corrected chi connectivity index (χ0v) is 13.8. The van der Waals surface area contributed by atoms with E-state index in [0.717, 1.165) is 17.5 Å². The molecular formula is C18H17N5O2. The van der Waals surface area contributed by atoms with Gasteiger partial charge < -0.3 is 9.64 Å². The van der Waals surface area contributed by atoms with Crippen LogP contribution >= 0.6 is 0 Å². The molecule has 0 unspecified atom stereocenters. The van der Waals surface area contributed by atoms with E-state index in [-0.39, 0.29) is 12.0 Å². The summed E-state index contributed by atoms with van der Waals surface area (Å²) in [6, 6.07) is 9.24. The van der Waals surface area contributed by atoms with Crippen LogP contribution in [0.5, 0.6) is 5.88 Å². The van der Waals surface area contributed by atoms with Crippen LogP contribution in [-0.4, -0.2) is 49.9 Å². The van der Waals surface area contributed by atoms with E-state index in [0.29, 0.717) is 30.5 Å². The number of nitrogens with zero attached hydrogens (tertiary/aromatic N) is 5. The molecule has 4 rings (SSSR count). The van der Waals surface area contributed by atoms with Gasteiger partial charge in [0.25, 0.3) is 5.91 Å². The van der Waals surface area contributed by atoms with Crippen LogP contribution in [0, 0.1) is 6.92 Å². The number of fused-ring (bicyclic) bond motifs is 1. The summed E-state index contributed by atoms with van der Waals surface area (Å²) in [6.07, 6.45) is 3.88. The van der Waals surface area contributed by atoms with Crippen molar-refractivity contribution in [3.05, 3.63) is 54.2 Å². The molecule has 0 saturated carbocycles. The van der Waals surface area contributed by atoms with Crippen LogP contribution in [0.2, 0.25) is 0 Å². The van der Waals surface area contributed by atoms with Crippen molar-refractivity contribution in [2.45, 2.75) is 19.4 Å². The van der Waals surface area contributed by atoms with Crippen molar-refractivity contribution in [3.63, 3.8) is 0 Å². The maximum Gasteiger partial charge on any atom is 0.274 e. The second-order valence-corrected chi connectivity index (χ2v) is 5.97. The van der Waals surface area contributed by atoms with Gasteiger partial charge in [0, 0.05) is 25.2 Å². The van der Waals surface area contributed by atoms with Crippen LogP contribution in [-0.2, 0) is 0 Å². The Kier molecular flexibility index (Phi) is 3.97. The zero-order chi connectivity index (χ0) is 17.2. The second-order valence-electron chi connectivity index (χ2n) is 5.97. The van der Waals surface area contributed by atoms with E-state index in [4.69, 9.17) is 4.74 Å². The van der Waals surface area contributed by atoms with E-state index in [1.54, 1.807) is 17.2 Å². The van der Waals surface area contributed by atoms with E-state index >= 15 is 0 Å². The fraction of sp³-hybridized carbons (Fsp3) is 0.278. The molecule has 7 heteroatoms. The third-order valence-electron chi connectivity index (χ3n) is 4.14. The van der Waals surface area contributed by atoms with E-state index in [1.165, 1.54) is 6.20 Å². The third-order valence-corrected chi connectivity index (χ3v) is 4.14. The Hall–Kier alpha value is -3.09. The number of rotatable bonds is 3. The summed E-state index contributed by atoms with van der Waals surface area (Å²) in [5, 5.41) is 0. The molecule has 3 aromatic rings. The van der Waals surface area contributed by atoms with Crippen LogP contribution < -0.4 is 4.74 Å². The van der Waals surface area contributed by atoms with Crippen molar-refractivity contribution in [1.29, 1.82) is 0 Å². The normalized spacial score (nSPS) is 17.0. The quantitative estimate of drug-likeness (QED) is 0.728. The molecule has 1 atom stereocenters. The molecule has 0 N–H and O–H groups in total. The molecule has 0 aliphatic carbocycles. The summed E-state index contributed by atoms with van der Waals surface area (Å²) >= 11 is 0. The number of aryl methyl sites for hydroxylation is 1. The summed E-state index contributed by atoms with van der Waals surface area (Å²) in [7, 11) is 0. The third kappa shape index (κ3) is 3.26. The van der Waals surface area contributed by atoms with E-state index in [9.17, 15) is 4.79 Å². The SMILES string of the molecule is Cc1nccc(O[C@@H]2CCN(C(=O)c3cnc4ccccc4n3)C2)n1. The molecular weight excluding hydrogens is 318 g/mol. The van der Waals surface area contributed by atoms with Gasteiger partial charge in [0.15, 0.2) is 0 Å². The highest BCUT2D eigenvalue weighted by atomic mass is 16.5. The largest absolute Gasteiger partial charge is 0.472 e. The molecule has 126 valence electrons. The Morgan fingerprint density at radius 3 is 2.84 bits per heavy atom. The molecule has 1 aliphatic heterocycles. The summed E-state index contributed by atoms with van der Waals surface area (Å²) in [4.78, 5) is 31.5. The maximum atomic E-state index is 12.7. The number of carbonyl (C=O) groups is 1. The Bertz CT molecular complexity index is 930. The van der Waals surface area contributed by atoms with Gasteiger partial charge in [-0.25, -0.2) is 9.97 Å².